The van der Waals surface area contributed by atoms with Gasteiger partial charge in [-0.2, -0.15) is 13.2 Å². The van der Waals surface area contributed by atoms with Crippen molar-refractivity contribution in [2.75, 3.05) is 13.1 Å². The van der Waals surface area contributed by atoms with E-state index >= 15 is 0 Å². The summed E-state index contributed by atoms with van der Waals surface area (Å²) in [5.41, 5.74) is -0.440. The second kappa shape index (κ2) is 7.44. The first-order valence-electron chi connectivity index (χ1n) is 8.26. The molecule has 1 fully saturated rings. The molecule has 1 aromatic rings. The maximum Gasteiger partial charge on any atom is 0.416 e. The van der Waals surface area contributed by atoms with Crippen molar-refractivity contribution >= 4 is 17.7 Å². The molecule has 0 aromatic heterocycles. The van der Waals surface area contributed by atoms with Gasteiger partial charge in [-0.15, -0.1) is 11.6 Å². The van der Waals surface area contributed by atoms with Crippen LogP contribution in [0.25, 0.3) is 0 Å². The maximum absolute atomic E-state index is 13.4. The van der Waals surface area contributed by atoms with Crippen molar-refractivity contribution in [1.29, 1.82) is 0 Å². The molecule has 0 atom stereocenters. The highest BCUT2D eigenvalue weighted by atomic mass is 35.5. The zero-order valence-corrected chi connectivity index (χ0v) is 15.4. The smallest absolute Gasteiger partial charge is 0.416 e. The van der Waals surface area contributed by atoms with Crippen LogP contribution in [-0.4, -0.2) is 29.7 Å². The lowest BCUT2D eigenvalue weighted by molar-refractivity contribution is -0.138. The number of benzene rings is 1. The van der Waals surface area contributed by atoms with Crippen molar-refractivity contribution in [3.63, 3.8) is 0 Å². The Morgan fingerprint density at radius 3 is 2.32 bits per heavy atom. The topological polar surface area (TPSA) is 29.5 Å². The van der Waals surface area contributed by atoms with E-state index in [0.29, 0.717) is 31.5 Å². The quantitative estimate of drug-likeness (QED) is 0.631. The summed E-state index contributed by atoms with van der Waals surface area (Å²) in [6, 6.07) is 4.13. The summed E-state index contributed by atoms with van der Waals surface area (Å²) >= 11 is 5.87. The first-order valence-corrected chi connectivity index (χ1v) is 8.79. The lowest BCUT2D eigenvalue weighted by Gasteiger charge is -2.35. The van der Waals surface area contributed by atoms with Crippen molar-refractivity contribution < 1.29 is 22.7 Å². The SMILES string of the molecule is CC(C)(C)OC(=O)N1CCC(c2c(CCl)cccc2C(F)(F)F)CC1. The number of hydrogen-bond donors (Lipinski definition) is 0. The van der Waals surface area contributed by atoms with Gasteiger partial charge in [0.05, 0.1) is 5.56 Å². The van der Waals surface area contributed by atoms with Crippen molar-refractivity contribution in [3.05, 3.63) is 34.9 Å². The van der Waals surface area contributed by atoms with Crippen LogP contribution in [0.5, 0.6) is 0 Å². The third kappa shape index (κ3) is 5.03. The number of likely N-dealkylation sites (tertiary alicyclic amines) is 1. The molecule has 1 aliphatic heterocycles. The Hall–Kier alpha value is -1.43. The molecule has 140 valence electrons. The maximum atomic E-state index is 13.4. The molecule has 0 bridgehead atoms. The van der Waals surface area contributed by atoms with Crippen LogP contribution in [0.1, 0.15) is 56.2 Å². The standard InChI is InChI=1S/C18H23ClF3NO2/c1-17(2,3)25-16(24)23-9-7-12(8-10-23)15-13(11-19)5-4-6-14(15)18(20,21)22/h4-6,12H,7-11H2,1-3H3. The molecular formula is C18H23ClF3NO2. The van der Waals surface area contributed by atoms with Crippen LogP contribution in [0, 0.1) is 0 Å². The van der Waals surface area contributed by atoms with Gasteiger partial charge in [0.25, 0.3) is 0 Å². The van der Waals surface area contributed by atoms with E-state index in [1.54, 1.807) is 31.7 Å². The summed E-state index contributed by atoms with van der Waals surface area (Å²) in [4.78, 5) is 13.7. The normalized spacial score (nSPS) is 16.8. The lowest BCUT2D eigenvalue weighted by Crippen LogP contribution is -2.41. The third-order valence-electron chi connectivity index (χ3n) is 4.20. The van der Waals surface area contributed by atoms with Gasteiger partial charge in [-0.05, 0) is 56.7 Å². The molecule has 25 heavy (non-hydrogen) atoms. The number of amides is 1. The number of carbonyl (C=O) groups is 1. The van der Waals surface area contributed by atoms with Crippen molar-refractivity contribution in [2.24, 2.45) is 0 Å². The number of carbonyl (C=O) groups excluding carboxylic acids is 1. The first kappa shape index (κ1) is 19.9. The predicted octanol–water partition coefficient (Wildman–Crippen LogP) is 5.56. The fraction of sp³-hybridized carbons (Fsp3) is 0.611. The zero-order chi connectivity index (χ0) is 18.8. The largest absolute Gasteiger partial charge is 0.444 e. The Morgan fingerprint density at radius 2 is 1.84 bits per heavy atom. The molecule has 1 saturated heterocycles. The van der Waals surface area contributed by atoms with Gasteiger partial charge in [-0.25, -0.2) is 4.79 Å². The van der Waals surface area contributed by atoms with Crippen LogP contribution >= 0.6 is 11.6 Å². The molecule has 0 N–H and O–H groups in total. The Morgan fingerprint density at radius 1 is 1.24 bits per heavy atom. The molecule has 0 saturated carbocycles. The monoisotopic (exact) mass is 377 g/mol. The molecule has 0 unspecified atom stereocenters. The van der Waals surface area contributed by atoms with E-state index in [-0.39, 0.29) is 17.4 Å². The minimum atomic E-state index is -4.42. The highest BCUT2D eigenvalue weighted by Crippen LogP contribution is 2.41. The number of halogens is 4. The van der Waals surface area contributed by atoms with Crippen molar-refractivity contribution in [1.82, 2.24) is 4.90 Å². The number of hydrogen-bond acceptors (Lipinski definition) is 2. The molecule has 0 radical (unpaired) electrons. The Balaban J connectivity index is 2.17. The second-order valence-electron chi connectivity index (χ2n) is 7.25. The van der Waals surface area contributed by atoms with E-state index in [4.69, 9.17) is 16.3 Å². The minimum Gasteiger partial charge on any atom is -0.444 e. The minimum absolute atomic E-state index is 0.0333. The van der Waals surface area contributed by atoms with E-state index in [2.05, 4.69) is 0 Å². The lowest BCUT2D eigenvalue weighted by atomic mass is 9.83. The van der Waals surface area contributed by atoms with Crippen LogP contribution in [0.3, 0.4) is 0 Å². The number of nitrogens with zero attached hydrogens (tertiary/aromatic N) is 1. The Kier molecular flexibility index (Phi) is 5.92. The van der Waals surface area contributed by atoms with Crippen molar-refractivity contribution in [3.8, 4) is 0 Å². The summed E-state index contributed by atoms with van der Waals surface area (Å²) in [7, 11) is 0. The molecule has 0 aliphatic carbocycles. The molecule has 1 amide bonds. The second-order valence-corrected chi connectivity index (χ2v) is 7.52. The Bertz CT molecular complexity index is 618. The van der Waals surface area contributed by atoms with Crippen LogP contribution in [0.2, 0.25) is 0 Å². The van der Waals surface area contributed by atoms with E-state index in [0.717, 1.165) is 6.07 Å². The zero-order valence-electron chi connectivity index (χ0n) is 14.6. The first-order chi connectivity index (χ1) is 11.5. The summed E-state index contributed by atoms with van der Waals surface area (Å²) in [5, 5.41) is 0. The van der Waals surface area contributed by atoms with Crippen LogP contribution < -0.4 is 0 Å². The Labute approximate surface area is 151 Å². The number of alkyl halides is 4. The average Bonchev–Trinajstić information content (AvgIpc) is 2.51. The number of piperidine rings is 1. The van der Waals surface area contributed by atoms with Gasteiger partial charge >= 0.3 is 12.3 Å². The molecule has 3 nitrogen and oxygen atoms in total. The van der Waals surface area contributed by atoms with Crippen LogP contribution in [0.4, 0.5) is 18.0 Å². The fourth-order valence-electron chi connectivity index (χ4n) is 3.14. The molecule has 0 spiro atoms. The van der Waals surface area contributed by atoms with Crippen LogP contribution in [-0.2, 0) is 16.8 Å². The predicted molar refractivity (Wildman–Crippen MR) is 90.8 cm³/mol. The molecule has 2 rings (SSSR count). The number of rotatable bonds is 2. The molecule has 7 heteroatoms. The van der Waals surface area contributed by atoms with Gasteiger partial charge in [0.2, 0.25) is 0 Å². The fourth-order valence-corrected chi connectivity index (χ4v) is 3.37. The summed E-state index contributed by atoms with van der Waals surface area (Å²) in [6.45, 7) is 6.08. The third-order valence-corrected chi connectivity index (χ3v) is 4.49. The van der Waals surface area contributed by atoms with E-state index in [1.165, 1.54) is 6.07 Å². The van der Waals surface area contributed by atoms with Gasteiger partial charge in [-0.1, -0.05) is 12.1 Å². The van der Waals surface area contributed by atoms with Gasteiger partial charge in [0, 0.05) is 19.0 Å². The van der Waals surface area contributed by atoms with E-state index in [1.807, 2.05) is 0 Å². The van der Waals surface area contributed by atoms with Gasteiger partial charge in [-0.3, -0.25) is 0 Å². The van der Waals surface area contributed by atoms with E-state index < -0.39 is 23.4 Å². The molecule has 1 aliphatic rings. The van der Waals surface area contributed by atoms with Gasteiger partial charge in [0.1, 0.15) is 5.60 Å². The van der Waals surface area contributed by atoms with Crippen LogP contribution in [0.15, 0.2) is 18.2 Å². The van der Waals surface area contributed by atoms with Gasteiger partial charge in [0.15, 0.2) is 0 Å². The molecule has 1 aromatic carbocycles. The summed E-state index contributed by atoms with van der Waals surface area (Å²) in [6.07, 6.45) is -3.93. The summed E-state index contributed by atoms with van der Waals surface area (Å²) in [5.74, 6) is -0.240. The van der Waals surface area contributed by atoms with E-state index in [9.17, 15) is 18.0 Å². The van der Waals surface area contributed by atoms with Crippen molar-refractivity contribution in [2.45, 2.75) is 57.2 Å². The summed E-state index contributed by atoms with van der Waals surface area (Å²) < 4.78 is 45.5. The average molecular weight is 378 g/mol. The highest BCUT2D eigenvalue weighted by Gasteiger charge is 2.37. The highest BCUT2D eigenvalue weighted by molar-refractivity contribution is 6.17. The van der Waals surface area contributed by atoms with Gasteiger partial charge < -0.3 is 9.64 Å². The molecular weight excluding hydrogens is 355 g/mol. The molecule has 1 heterocycles. The number of ether oxygens (including phenoxy) is 1.